The highest BCUT2D eigenvalue weighted by atomic mass is 16.5. The first-order valence-corrected chi connectivity index (χ1v) is 6.86. The molecule has 21 heavy (non-hydrogen) atoms. The standard InChI is InChI=1S/C16H20N2O3/c1-10(2)7-15-17-12(16(19)18-15)8-11-5-6-13(20-3)14(9-11)21-4/h5-6,8-10H,7H2,1-4H3,(H,17,18,19)/b12-8+. The molecule has 5 heteroatoms. The highest BCUT2D eigenvalue weighted by Gasteiger charge is 2.20. The van der Waals surface area contributed by atoms with E-state index < -0.39 is 0 Å². The second kappa shape index (κ2) is 6.43. The molecule has 0 aliphatic carbocycles. The summed E-state index contributed by atoms with van der Waals surface area (Å²) in [6.45, 7) is 4.18. The molecule has 0 aromatic heterocycles. The first kappa shape index (κ1) is 15.1. The summed E-state index contributed by atoms with van der Waals surface area (Å²) < 4.78 is 10.4. The van der Waals surface area contributed by atoms with Crippen LogP contribution in [0.25, 0.3) is 6.08 Å². The van der Waals surface area contributed by atoms with Gasteiger partial charge in [-0.3, -0.25) is 4.79 Å². The van der Waals surface area contributed by atoms with E-state index in [1.165, 1.54) is 0 Å². The van der Waals surface area contributed by atoms with Gasteiger partial charge in [-0.15, -0.1) is 0 Å². The van der Waals surface area contributed by atoms with Crippen molar-refractivity contribution in [3.8, 4) is 11.5 Å². The molecule has 2 rings (SSSR count). The van der Waals surface area contributed by atoms with Crippen LogP contribution in [0.2, 0.25) is 0 Å². The van der Waals surface area contributed by atoms with Crippen molar-refractivity contribution in [2.75, 3.05) is 14.2 Å². The van der Waals surface area contributed by atoms with E-state index in [-0.39, 0.29) is 5.91 Å². The van der Waals surface area contributed by atoms with Gasteiger partial charge in [0.25, 0.3) is 5.91 Å². The van der Waals surface area contributed by atoms with Crippen LogP contribution in [0.1, 0.15) is 25.8 Å². The number of carbonyl (C=O) groups excluding carboxylic acids is 1. The number of nitrogens with one attached hydrogen (secondary N) is 1. The van der Waals surface area contributed by atoms with E-state index in [2.05, 4.69) is 24.2 Å². The number of rotatable bonds is 5. The lowest BCUT2D eigenvalue weighted by atomic mass is 10.1. The van der Waals surface area contributed by atoms with Crippen molar-refractivity contribution in [2.24, 2.45) is 10.9 Å². The number of hydrogen-bond donors (Lipinski definition) is 1. The van der Waals surface area contributed by atoms with Crippen LogP contribution in [-0.2, 0) is 4.79 Å². The molecule has 1 aliphatic rings. The fourth-order valence-corrected chi connectivity index (χ4v) is 2.10. The van der Waals surface area contributed by atoms with E-state index in [1.54, 1.807) is 26.4 Å². The highest BCUT2D eigenvalue weighted by molar-refractivity contribution is 6.14. The van der Waals surface area contributed by atoms with Crippen molar-refractivity contribution in [3.63, 3.8) is 0 Å². The molecule has 112 valence electrons. The number of amidine groups is 1. The first-order valence-electron chi connectivity index (χ1n) is 6.86. The van der Waals surface area contributed by atoms with Gasteiger partial charge in [0.15, 0.2) is 11.5 Å². The first-order chi connectivity index (χ1) is 10.0. The van der Waals surface area contributed by atoms with Crippen LogP contribution in [-0.4, -0.2) is 26.0 Å². The molecular formula is C16H20N2O3. The van der Waals surface area contributed by atoms with Crippen LogP contribution in [0.15, 0.2) is 28.9 Å². The minimum atomic E-state index is -0.166. The molecule has 0 unspecified atom stereocenters. The quantitative estimate of drug-likeness (QED) is 0.847. The fraction of sp³-hybridized carbons (Fsp3) is 0.375. The van der Waals surface area contributed by atoms with Crippen LogP contribution in [0.5, 0.6) is 11.5 Å². The summed E-state index contributed by atoms with van der Waals surface area (Å²) in [5.41, 5.74) is 1.25. The summed E-state index contributed by atoms with van der Waals surface area (Å²) in [6, 6.07) is 5.48. The van der Waals surface area contributed by atoms with Crippen LogP contribution >= 0.6 is 0 Å². The Morgan fingerprint density at radius 3 is 2.57 bits per heavy atom. The second-order valence-electron chi connectivity index (χ2n) is 5.25. The van der Waals surface area contributed by atoms with Crippen molar-refractivity contribution in [1.29, 1.82) is 0 Å². The van der Waals surface area contributed by atoms with Gasteiger partial charge in [0, 0.05) is 6.42 Å². The van der Waals surface area contributed by atoms with Crippen molar-refractivity contribution in [3.05, 3.63) is 29.5 Å². The molecule has 1 heterocycles. The Kier molecular flexibility index (Phi) is 4.62. The third kappa shape index (κ3) is 3.62. The Morgan fingerprint density at radius 1 is 1.24 bits per heavy atom. The Labute approximate surface area is 124 Å². The van der Waals surface area contributed by atoms with Crippen LogP contribution in [0.4, 0.5) is 0 Å². The minimum absolute atomic E-state index is 0.166. The number of ether oxygens (including phenoxy) is 2. The lowest BCUT2D eigenvalue weighted by Gasteiger charge is -2.07. The van der Waals surface area contributed by atoms with Crippen molar-refractivity contribution < 1.29 is 14.3 Å². The molecule has 1 aliphatic heterocycles. The zero-order chi connectivity index (χ0) is 15.4. The van der Waals surface area contributed by atoms with Gasteiger partial charge in [-0.05, 0) is 29.7 Å². The van der Waals surface area contributed by atoms with Crippen LogP contribution < -0.4 is 14.8 Å². The molecule has 1 aromatic carbocycles. The summed E-state index contributed by atoms with van der Waals surface area (Å²) >= 11 is 0. The van der Waals surface area contributed by atoms with Gasteiger partial charge in [-0.1, -0.05) is 19.9 Å². The Morgan fingerprint density at radius 2 is 1.95 bits per heavy atom. The second-order valence-corrected chi connectivity index (χ2v) is 5.25. The normalized spacial score (nSPS) is 16.1. The predicted molar refractivity (Wildman–Crippen MR) is 82.6 cm³/mol. The van der Waals surface area contributed by atoms with Crippen molar-refractivity contribution in [1.82, 2.24) is 5.32 Å². The number of carbonyl (C=O) groups is 1. The van der Waals surface area contributed by atoms with Gasteiger partial charge in [0.1, 0.15) is 11.5 Å². The Bertz CT molecular complexity index is 604. The molecule has 0 fully saturated rings. The van der Waals surface area contributed by atoms with Crippen LogP contribution in [0.3, 0.4) is 0 Å². The molecule has 0 radical (unpaired) electrons. The van der Waals surface area contributed by atoms with Gasteiger partial charge in [-0.2, -0.15) is 0 Å². The molecule has 5 nitrogen and oxygen atoms in total. The average Bonchev–Trinajstić information content (AvgIpc) is 2.77. The molecule has 0 atom stereocenters. The molecule has 1 amide bonds. The molecule has 0 bridgehead atoms. The fourth-order valence-electron chi connectivity index (χ4n) is 2.10. The summed E-state index contributed by atoms with van der Waals surface area (Å²) in [4.78, 5) is 16.2. The Hall–Kier alpha value is -2.30. The maximum atomic E-state index is 11.9. The van der Waals surface area contributed by atoms with Gasteiger partial charge >= 0.3 is 0 Å². The maximum absolute atomic E-state index is 11.9. The third-order valence-electron chi connectivity index (χ3n) is 3.06. The van der Waals surface area contributed by atoms with Crippen molar-refractivity contribution >= 4 is 17.8 Å². The topological polar surface area (TPSA) is 59.9 Å². The van der Waals surface area contributed by atoms with E-state index in [1.807, 2.05) is 12.1 Å². The van der Waals surface area contributed by atoms with E-state index in [0.717, 1.165) is 17.8 Å². The van der Waals surface area contributed by atoms with Gasteiger partial charge < -0.3 is 14.8 Å². The predicted octanol–water partition coefficient (Wildman–Crippen LogP) is 2.62. The molecule has 0 saturated heterocycles. The summed E-state index contributed by atoms with van der Waals surface area (Å²) in [6.07, 6.45) is 2.50. The van der Waals surface area contributed by atoms with E-state index in [0.29, 0.717) is 23.1 Å². The van der Waals surface area contributed by atoms with E-state index >= 15 is 0 Å². The Balaban J connectivity index is 2.27. The molecule has 1 N–H and O–H groups in total. The number of hydrogen-bond acceptors (Lipinski definition) is 4. The zero-order valence-corrected chi connectivity index (χ0v) is 12.8. The summed E-state index contributed by atoms with van der Waals surface area (Å²) in [5, 5.41) is 2.79. The van der Waals surface area contributed by atoms with Gasteiger partial charge in [-0.25, -0.2) is 4.99 Å². The molecule has 1 aromatic rings. The number of aliphatic imine (C=N–C) groups is 1. The van der Waals surface area contributed by atoms with Gasteiger partial charge in [0.2, 0.25) is 0 Å². The zero-order valence-electron chi connectivity index (χ0n) is 12.8. The minimum Gasteiger partial charge on any atom is -0.493 e. The number of benzene rings is 1. The lowest BCUT2D eigenvalue weighted by Crippen LogP contribution is -2.24. The molecular weight excluding hydrogens is 268 g/mol. The largest absolute Gasteiger partial charge is 0.493 e. The van der Waals surface area contributed by atoms with Gasteiger partial charge in [0.05, 0.1) is 14.2 Å². The number of amides is 1. The van der Waals surface area contributed by atoms with E-state index in [9.17, 15) is 4.79 Å². The molecule has 0 spiro atoms. The third-order valence-corrected chi connectivity index (χ3v) is 3.06. The summed E-state index contributed by atoms with van der Waals surface area (Å²) in [7, 11) is 3.17. The SMILES string of the molecule is COc1ccc(/C=C2/N=C(CC(C)C)NC2=O)cc1OC. The van der Waals surface area contributed by atoms with Crippen LogP contribution in [0, 0.1) is 5.92 Å². The highest BCUT2D eigenvalue weighted by Crippen LogP contribution is 2.28. The van der Waals surface area contributed by atoms with Crippen molar-refractivity contribution in [2.45, 2.75) is 20.3 Å². The van der Waals surface area contributed by atoms with E-state index in [4.69, 9.17) is 9.47 Å². The molecule has 0 saturated carbocycles. The number of nitrogens with zero attached hydrogens (tertiary/aromatic N) is 1. The number of methoxy groups -OCH3 is 2. The lowest BCUT2D eigenvalue weighted by molar-refractivity contribution is -0.115. The average molecular weight is 288 g/mol. The summed E-state index contributed by atoms with van der Waals surface area (Å²) in [5.74, 6) is 2.28. The monoisotopic (exact) mass is 288 g/mol. The maximum Gasteiger partial charge on any atom is 0.275 e. The smallest absolute Gasteiger partial charge is 0.275 e.